The van der Waals surface area contributed by atoms with Crippen LogP contribution in [0.3, 0.4) is 0 Å². The first-order chi connectivity index (χ1) is 7.66. The zero-order valence-electron chi connectivity index (χ0n) is 9.22. The van der Waals surface area contributed by atoms with Crippen molar-refractivity contribution in [2.24, 2.45) is 0 Å². The molecular weight excluding hydrogens is 207 g/mol. The highest BCUT2D eigenvalue weighted by atomic mass is 19.1. The van der Waals surface area contributed by atoms with Crippen LogP contribution < -0.4 is 10.6 Å². The van der Waals surface area contributed by atoms with E-state index in [1.165, 1.54) is 6.07 Å². The molecule has 1 unspecified atom stereocenters. The van der Waals surface area contributed by atoms with E-state index in [-0.39, 0.29) is 17.8 Å². The Morgan fingerprint density at radius 3 is 3.00 bits per heavy atom. The Bertz CT molecular complexity index is 400. The van der Waals surface area contributed by atoms with Gasteiger partial charge in [0, 0.05) is 5.69 Å². The van der Waals surface area contributed by atoms with Gasteiger partial charge in [0.1, 0.15) is 5.82 Å². The maximum atomic E-state index is 13.0. The van der Waals surface area contributed by atoms with Crippen LogP contribution in [-0.4, -0.2) is 18.5 Å². The van der Waals surface area contributed by atoms with E-state index in [0.717, 1.165) is 19.4 Å². The van der Waals surface area contributed by atoms with E-state index in [1.807, 2.05) is 0 Å². The summed E-state index contributed by atoms with van der Waals surface area (Å²) in [4.78, 5) is 11.7. The summed E-state index contributed by atoms with van der Waals surface area (Å²) in [6, 6.07) is 4.48. The maximum absolute atomic E-state index is 13.0. The van der Waals surface area contributed by atoms with Crippen LogP contribution in [0.4, 0.5) is 10.1 Å². The van der Waals surface area contributed by atoms with Gasteiger partial charge in [-0.3, -0.25) is 4.79 Å². The minimum atomic E-state index is -0.253. The molecule has 1 heterocycles. The van der Waals surface area contributed by atoms with Crippen LogP contribution in [0.2, 0.25) is 0 Å². The first-order valence-corrected chi connectivity index (χ1v) is 5.47. The molecule has 0 radical (unpaired) electrons. The van der Waals surface area contributed by atoms with E-state index in [9.17, 15) is 9.18 Å². The number of hydrogen-bond acceptors (Lipinski definition) is 2. The third-order valence-corrected chi connectivity index (χ3v) is 2.80. The lowest BCUT2D eigenvalue weighted by molar-refractivity contribution is -0.117. The highest BCUT2D eigenvalue weighted by Gasteiger charge is 2.21. The number of carbonyl (C=O) groups excluding carboxylic acids is 1. The third-order valence-electron chi connectivity index (χ3n) is 2.80. The molecule has 86 valence electrons. The number of benzene rings is 1. The predicted octanol–water partition coefficient (Wildman–Crippen LogP) is 1.82. The van der Waals surface area contributed by atoms with E-state index in [2.05, 4.69) is 10.6 Å². The van der Waals surface area contributed by atoms with E-state index in [4.69, 9.17) is 0 Å². The summed E-state index contributed by atoms with van der Waals surface area (Å²) >= 11 is 0. The Balaban J connectivity index is 2.02. The minimum absolute atomic E-state index is 0.0384. The molecule has 3 nitrogen and oxygen atoms in total. The van der Waals surface area contributed by atoms with Gasteiger partial charge in [-0.1, -0.05) is 0 Å². The molecule has 1 aromatic rings. The molecule has 0 bridgehead atoms. The maximum Gasteiger partial charge on any atom is 0.241 e. The molecule has 2 rings (SSSR count). The number of aryl methyl sites for hydroxylation is 1. The molecule has 0 spiro atoms. The van der Waals surface area contributed by atoms with E-state index >= 15 is 0 Å². The predicted molar refractivity (Wildman–Crippen MR) is 60.8 cm³/mol. The quantitative estimate of drug-likeness (QED) is 0.801. The van der Waals surface area contributed by atoms with Gasteiger partial charge >= 0.3 is 0 Å². The molecule has 1 aliphatic rings. The summed E-state index contributed by atoms with van der Waals surface area (Å²) in [5.41, 5.74) is 1.19. The van der Waals surface area contributed by atoms with Gasteiger partial charge in [-0.15, -0.1) is 0 Å². The summed E-state index contributed by atoms with van der Waals surface area (Å²) in [6.45, 7) is 2.57. The lowest BCUT2D eigenvalue weighted by Crippen LogP contribution is -2.35. The molecule has 1 fully saturated rings. The van der Waals surface area contributed by atoms with Crippen molar-refractivity contribution in [3.8, 4) is 0 Å². The van der Waals surface area contributed by atoms with Crippen LogP contribution in [0.1, 0.15) is 18.4 Å². The van der Waals surface area contributed by atoms with Crippen molar-refractivity contribution in [3.63, 3.8) is 0 Å². The number of amides is 1. The van der Waals surface area contributed by atoms with Gasteiger partial charge in [-0.2, -0.15) is 0 Å². The zero-order valence-corrected chi connectivity index (χ0v) is 9.22. The zero-order chi connectivity index (χ0) is 11.5. The molecule has 1 atom stereocenters. The second kappa shape index (κ2) is 4.61. The fourth-order valence-corrected chi connectivity index (χ4v) is 1.86. The first-order valence-electron chi connectivity index (χ1n) is 5.47. The van der Waals surface area contributed by atoms with Crippen molar-refractivity contribution in [2.75, 3.05) is 11.9 Å². The molecule has 2 N–H and O–H groups in total. The highest BCUT2D eigenvalue weighted by molar-refractivity contribution is 5.95. The van der Waals surface area contributed by atoms with Crippen molar-refractivity contribution in [1.29, 1.82) is 0 Å². The number of halogens is 1. The Morgan fingerprint density at radius 2 is 2.38 bits per heavy atom. The lowest BCUT2D eigenvalue weighted by atomic mass is 10.2. The van der Waals surface area contributed by atoms with Crippen LogP contribution in [0.25, 0.3) is 0 Å². The van der Waals surface area contributed by atoms with Crippen molar-refractivity contribution < 1.29 is 9.18 Å². The van der Waals surface area contributed by atoms with Crippen molar-refractivity contribution in [2.45, 2.75) is 25.8 Å². The number of rotatable bonds is 2. The molecule has 1 aliphatic heterocycles. The number of anilines is 1. The van der Waals surface area contributed by atoms with Crippen molar-refractivity contribution in [3.05, 3.63) is 29.6 Å². The standard InChI is InChI=1S/C12H15FN2O/c1-8-7-9(4-5-10(8)13)15-12(16)11-3-2-6-14-11/h4-5,7,11,14H,2-3,6H2,1H3,(H,15,16). The van der Waals surface area contributed by atoms with Crippen LogP contribution in [0.15, 0.2) is 18.2 Å². The average Bonchev–Trinajstić information content (AvgIpc) is 2.77. The SMILES string of the molecule is Cc1cc(NC(=O)C2CCCN2)ccc1F. The van der Waals surface area contributed by atoms with Crippen LogP contribution in [0.5, 0.6) is 0 Å². The monoisotopic (exact) mass is 222 g/mol. The lowest BCUT2D eigenvalue weighted by Gasteiger charge is -2.11. The second-order valence-corrected chi connectivity index (χ2v) is 4.10. The Morgan fingerprint density at radius 1 is 1.56 bits per heavy atom. The van der Waals surface area contributed by atoms with Gasteiger partial charge in [0.15, 0.2) is 0 Å². The summed E-state index contributed by atoms with van der Waals surface area (Å²) < 4.78 is 13.0. The van der Waals surface area contributed by atoms with Crippen molar-refractivity contribution in [1.82, 2.24) is 5.32 Å². The summed E-state index contributed by atoms with van der Waals surface area (Å²) in [7, 11) is 0. The second-order valence-electron chi connectivity index (χ2n) is 4.10. The van der Waals surface area contributed by atoms with Crippen LogP contribution >= 0.6 is 0 Å². The number of carbonyl (C=O) groups is 1. The van der Waals surface area contributed by atoms with Crippen LogP contribution in [-0.2, 0) is 4.79 Å². The van der Waals surface area contributed by atoms with Gasteiger partial charge in [-0.25, -0.2) is 4.39 Å². The molecule has 0 saturated carbocycles. The number of nitrogens with one attached hydrogen (secondary N) is 2. The van der Waals surface area contributed by atoms with E-state index in [0.29, 0.717) is 11.3 Å². The van der Waals surface area contributed by atoms with E-state index in [1.54, 1.807) is 19.1 Å². The summed E-state index contributed by atoms with van der Waals surface area (Å²) in [6.07, 6.45) is 1.90. The van der Waals surface area contributed by atoms with Gasteiger partial charge < -0.3 is 10.6 Å². The van der Waals surface area contributed by atoms with Gasteiger partial charge in [0.2, 0.25) is 5.91 Å². The van der Waals surface area contributed by atoms with Crippen molar-refractivity contribution >= 4 is 11.6 Å². The molecule has 0 aromatic heterocycles. The molecule has 1 saturated heterocycles. The molecule has 0 aliphatic carbocycles. The first kappa shape index (κ1) is 11.1. The van der Waals surface area contributed by atoms with Gasteiger partial charge in [0.25, 0.3) is 0 Å². The molecule has 16 heavy (non-hydrogen) atoms. The highest BCUT2D eigenvalue weighted by Crippen LogP contribution is 2.15. The largest absolute Gasteiger partial charge is 0.325 e. The topological polar surface area (TPSA) is 41.1 Å². The van der Waals surface area contributed by atoms with Crippen LogP contribution in [0, 0.1) is 12.7 Å². The minimum Gasteiger partial charge on any atom is -0.325 e. The molecule has 1 aromatic carbocycles. The fraction of sp³-hybridized carbons (Fsp3) is 0.417. The number of hydrogen-bond donors (Lipinski definition) is 2. The Hall–Kier alpha value is -1.42. The van der Waals surface area contributed by atoms with E-state index < -0.39 is 0 Å². The molecular formula is C12H15FN2O. The Labute approximate surface area is 94.0 Å². The van der Waals surface area contributed by atoms with Gasteiger partial charge in [-0.05, 0) is 50.1 Å². The smallest absolute Gasteiger partial charge is 0.241 e. The molecule has 4 heteroatoms. The Kier molecular flexibility index (Phi) is 3.19. The molecule has 1 amide bonds. The average molecular weight is 222 g/mol. The summed E-state index contributed by atoms with van der Waals surface area (Å²) in [5, 5.41) is 5.90. The summed E-state index contributed by atoms with van der Waals surface area (Å²) in [5.74, 6) is -0.291. The normalized spacial score (nSPS) is 19.8. The fourth-order valence-electron chi connectivity index (χ4n) is 1.86. The van der Waals surface area contributed by atoms with Gasteiger partial charge in [0.05, 0.1) is 6.04 Å². The third kappa shape index (κ3) is 2.39.